The van der Waals surface area contributed by atoms with Crippen molar-refractivity contribution >= 4 is 5.69 Å². The number of ether oxygens (including phenoxy) is 1. The van der Waals surface area contributed by atoms with Crippen molar-refractivity contribution in [1.29, 1.82) is 0 Å². The zero-order valence-electron chi connectivity index (χ0n) is 9.14. The van der Waals surface area contributed by atoms with E-state index >= 15 is 0 Å². The summed E-state index contributed by atoms with van der Waals surface area (Å²) in [4.78, 5) is 24.8. The van der Waals surface area contributed by atoms with Gasteiger partial charge in [0, 0.05) is 6.20 Å². The van der Waals surface area contributed by atoms with Gasteiger partial charge in [-0.05, 0) is 24.3 Å². The Morgan fingerprint density at radius 2 is 1.88 bits per heavy atom. The lowest BCUT2D eigenvalue weighted by Gasteiger charge is -2.06. The van der Waals surface area contributed by atoms with E-state index in [0.717, 1.165) is 0 Å². The lowest BCUT2D eigenvalue weighted by atomic mass is 10.3. The molecule has 0 spiro atoms. The molecule has 0 saturated heterocycles. The van der Waals surface area contributed by atoms with Gasteiger partial charge in [-0.15, -0.1) is 0 Å². The lowest BCUT2D eigenvalue weighted by Crippen LogP contribution is -2.29. The molecular weight excluding hydrogens is 222 g/mol. The Hall–Kier alpha value is -2.50. The van der Waals surface area contributed by atoms with Crippen molar-refractivity contribution in [3.63, 3.8) is 0 Å². The highest BCUT2D eigenvalue weighted by atomic mass is 16.5. The Morgan fingerprint density at radius 3 is 2.47 bits per heavy atom. The first-order chi connectivity index (χ1) is 8.11. The molecule has 0 bridgehead atoms. The monoisotopic (exact) mass is 233 g/mol. The molecule has 1 aromatic heterocycles. The zero-order valence-corrected chi connectivity index (χ0v) is 9.14. The predicted molar refractivity (Wildman–Crippen MR) is 63.6 cm³/mol. The summed E-state index contributed by atoms with van der Waals surface area (Å²) in [7, 11) is 1.55. The molecule has 0 radical (unpaired) electrons. The van der Waals surface area contributed by atoms with Gasteiger partial charge in [-0.3, -0.25) is 14.3 Å². The van der Waals surface area contributed by atoms with Gasteiger partial charge in [0.15, 0.2) is 0 Å². The number of nitrogen functional groups attached to an aromatic ring is 1. The van der Waals surface area contributed by atoms with E-state index in [2.05, 4.69) is 4.98 Å². The predicted octanol–water partition coefficient (Wildman–Crippen LogP) is 0.117. The number of hydrogen-bond acceptors (Lipinski definition) is 4. The van der Waals surface area contributed by atoms with Crippen LogP contribution in [0.25, 0.3) is 5.69 Å². The average molecular weight is 233 g/mol. The van der Waals surface area contributed by atoms with E-state index in [1.165, 1.54) is 10.8 Å². The maximum Gasteiger partial charge on any atom is 0.333 e. The van der Waals surface area contributed by atoms with Gasteiger partial charge >= 0.3 is 5.69 Å². The number of methoxy groups -OCH3 is 1. The molecular formula is C11H11N3O3. The second-order valence-corrected chi connectivity index (χ2v) is 3.41. The van der Waals surface area contributed by atoms with Crippen LogP contribution in [0.3, 0.4) is 0 Å². The smallest absolute Gasteiger partial charge is 0.333 e. The minimum absolute atomic E-state index is 0.0135. The molecule has 3 N–H and O–H groups in total. The van der Waals surface area contributed by atoms with Crippen molar-refractivity contribution in [1.82, 2.24) is 9.55 Å². The summed E-state index contributed by atoms with van der Waals surface area (Å²) in [6, 6.07) is 6.81. The van der Waals surface area contributed by atoms with E-state index in [1.807, 2.05) is 0 Å². The van der Waals surface area contributed by atoms with Gasteiger partial charge in [-0.1, -0.05) is 0 Å². The van der Waals surface area contributed by atoms with Crippen LogP contribution in [0.4, 0.5) is 5.69 Å². The fraction of sp³-hybridized carbons (Fsp3) is 0.0909. The highest BCUT2D eigenvalue weighted by Crippen LogP contribution is 2.13. The summed E-state index contributed by atoms with van der Waals surface area (Å²) in [6.07, 6.45) is 1.29. The first kappa shape index (κ1) is 11.0. The molecule has 6 nitrogen and oxygen atoms in total. The van der Waals surface area contributed by atoms with Crippen LogP contribution in [0.1, 0.15) is 0 Å². The summed E-state index contributed by atoms with van der Waals surface area (Å²) < 4.78 is 6.27. The summed E-state index contributed by atoms with van der Waals surface area (Å²) in [5.74, 6) is 0.680. The van der Waals surface area contributed by atoms with E-state index in [4.69, 9.17) is 10.5 Å². The van der Waals surface area contributed by atoms with Gasteiger partial charge in [-0.2, -0.15) is 0 Å². The Morgan fingerprint density at radius 1 is 1.24 bits per heavy atom. The van der Waals surface area contributed by atoms with Gasteiger partial charge in [0.25, 0.3) is 5.56 Å². The number of anilines is 1. The molecule has 1 aromatic carbocycles. The van der Waals surface area contributed by atoms with Crippen LogP contribution in [0.5, 0.6) is 5.75 Å². The van der Waals surface area contributed by atoms with Crippen LogP contribution < -0.4 is 21.7 Å². The normalized spacial score (nSPS) is 10.2. The van der Waals surface area contributed by atoms with Crippen molar-refractivity contribution in [3.05, 3.63) is 51.3 Å². The van der Waals surface area contributed by atoms with E-state index in [0.29, 0.717) is 11.4 Å². The molecule has 0 amide bonds. The number of nitrogens with one attached hydrogen (secondary N) is 1. The summed E-state index contributed by atoms with van der Waals surface area (Å²) in [5.41, 5.74) is 4.92. The fourth-order valence-electron chi connectivity index (χ4n) is 1.42. The largest absolute Gasteiger partial charge is 0.497 e. The Labute approximate surface area is 96.3 Å². The highest BCUT2D eigenvalue weighted by molar-refractivity contribution is 5.40. The number of hydrogen-bond donors (Lipinski definition) is 2. The maximum absolute atomic E-state index is 11.6. The van der Waals surface area contributed by atoms with Gasteiger partial charge < -0.3 is 10.5 Å². The van der Waals surface area contributed by atoms with Gasteiger partial charge in [0.05, 0.1) is 12.8 Å². The molecule has 0 aliphatic rings. The summed E-state index contributed by atoms with van der Waals surface area (Å²) in [6.45, 7) is 0. The van der Waals surface area contributed by atoms with E-state index in [-0.39, 0.29) is 5.69 Å². The molecule has 0 fully saturated rings. The molecule has 2 aromatic rings. The topological polar surface area (TPSA) is 90.1 Å². The molecule has 17 heavy (non-hydrogen) atoms. The van der Waals surface area contributed by atoms with Crippen molar-refractivity contribution < 1.29 is 4.74 Å². The third-order valence-electron chi connectivity index (χ3n) is 2.32. The molecule has 0 saturated carbocycles. The van der Waals surface area contributed by atoms with Crippen LogP contribution in [-0.2, 0) is 0 Å². The number of rotatable bonds is 2. The third-order valence-corrected chi connectivity index (χ3v) is 2.32. The molecule has 0 unspecified atom stereocenters. The first-order valence-corrected chi connectivity index (χ1v) is 4.87. The quantitative estimate of drug-likeness (QED) is 0.770. The van der Waals surface area contributed by atoms with Crippen LogP contribution >= 0.6 is 0 Å². The minimum Gasteiger partial charge on any atom is -0.497 e. The van der Waals surface area contributed by atoms with Crippen LogP contribution in [0.2, 0.25) is 0 Å². The lowest BCUT2D eigenvalue weighted by molar-refractivity contribution is 0.414. The van der Waals surface area contributed by atoms with E-state index in [1.54, 1.807) is 31.4 Å². The average Bonchev–Trinajstić information content (AvgIpc) is 2.34. The summed E-state index contributed by atoms with van der Waals surface area (Å²) >= 11 is 0. The number of H-pyrrole nitrogens is 1. The second kappa shape index (κ2) is 4.17. The Balaban J connectivity index is 2.56. The Kier molecular flexibility index (Phi) is 2.70. The second-order valence-electron chi connectivity index (χ2n) is 3.41. The van der Waals surface area contributed by atoms with Crippen molar-refractivity contribution in [2.75, 3.05) is 12.8 Å². The third kappa shape index (κ3) is 2.05. The molecule has 0 aliphatic carbocycles. The SMILES string of the molecule is COc1ccc(-n2cc(N)c(=O)[nH]c2=O)cc1. The number of nitrogens with two attached hydrogens (primary N) is 1. The van der Waals surface area contributed by atoms with Crippen LogP contribution in [0, 0.1) is 0 Å². The molecule has 0 aliphatic heterocycles. The molecule has 1 heterocycles. The van der Waals surface area contributed by atoms with Gasteiger partial charge in [-0.25, -0.2) is 4.79 Å². The minimum atomic E-state index is -0.584. The summed E-state index contributed by atoms with van der Waals surface area (Å²) in [5, 5.41) is 0. The van der Waals surface area contributed by atoms with Crippen LogP contribution in [0.15, 0.2) is 40.1 Å². The maximum atomic E-state index is 11.6. The zero-order chi connectivity index (χ0) is 12.4. The number of aromatic nitrogens is 2. The van der Waals surface area contributed by atoms with Crippen molar-refractivity contribution in [2.24, 2.45) is 0 Å². The number of aromatic amines is 1. The molecule has 2 rings (SSSR count). The van der Waals surface area contributed by atoms with E-state index in [9.17, 15) is 9.59 Å². The van der Waals surface area contributed by atoms with Gasteiger partial charge in [0.2, 0.25) is 0 Å². The van der Waals surface area contributed by atoms with Gasteiger partial charge in [0.1, 0.15) is 11.4 Å². The van der Waals surface area contributed by atoms with E-state index < -0.39 is 11.2 Å². The number of benzene rings is 1. The van der Waals surface area contributed by atoms with Crippen molar-refractivity contribution in [3.8, 4) is 11.4 Å². The molecule has 0 atom stereocenters. The molecule has 88 valence electrons. The van der Waals surface area contributed by atoms with Crippen LogP contribution in [-0.4, -0.2) is 16.7 Å². The molecule has 6 heteroatoms. The Bertz CT molecular complexity index is 640. The van der Waals surface area contributed by atoms with Crippen molar-refractivity contribution in [2.45, 2.75) is 0 Å². The first-order valence-electron chi connectivity index (χ1n) is 4.87. The highest BCUT2D eigenvalue weighted by Gasteiger charge is 2.03. The number of nitrogens with zero attached hydrogens (tertiary/aromatic N) is 1. The fourth-order valence-corrected chi connectivity index (χ4v) is 1.42. The standard InChI is InChI=1S/C11H11N3O3/c1-17-8-4-2-7(3-5-8)14-6-9(12)10(15)13-11(14)16/h2-6H,12H2,1H3,(H,13,15,16).